The third-order valence-corrected chi connectivity index (χ3v) is 14.6. The molecule has 4 atom stereocenters. The second-order valence-electron chi connectivity index (χ2n) is 20.4. The molecule has 1 aliphatic carbocycles. The molecule has 0 bridgehead atoms. The van der Waals surface area contributed by atoms with Crippen LogP contribution in [0.3, 0.4) is 0 Å². The van der Waals surface area contributed by atoms with Crippen molar-refractivity contribution in [3.05, 3.63) is 113 Å². The second kappa shape index (κ2) is 24.2. The molecular weight excluding hydrogens is 952 g/mol. The van der Waals surface area contributed by atoms with Gasteiger partial charge in [-0.3, -0.25) is 24.2 Å². The number of hydrogen-bond acceptors (Lipinski definition) is 12. The summed E-state index contributed by atoms with van der Waals surface area (Å²) >= 11 is 1.53. The minimum Gasteiger partial charge on any atom is -0.491 e. The number of allylic oxidation sites excluding steroid dienone is 1. The largest absolute Gasteiger partial charge is 0.491 e. The fraction of sp³-hybridized carbons (Fsp3) is 0.464. The van der Waals surface area contributed by atoms with Gasteiger partial charge in [0.15, 0.2) is 0 Å². The average Bonchev–Trinajstić information content (AvgIpc) is 3.98. The number of pyridine rings is 1. The molecule has 2 fully saturated rings. The molecule has 17 heteroatoms. The quantitative estimate of drug-likeness (QED) is 0.0475. The number of thiazole rings is 1. The van der Waals surface area contributed by atoms with Gasteiger partial charge in [-0.05, 0) is 110 Å². The Labute approximate surface area is 430 Å². The maximum Gasteiger partial charge on any atom is 0.243 e. The van der Waals surface area contributed by atoms with Crippen LogP contribution < -0.4 is 20.1 Å². The van der Waals surface area contributed by atoms with Crippen molar-refractivity contribution in [2.75, 3.05) is 58.0 Å². The molecule has 388 valence electrons. The van der Waals surface area contributed by atoms with Crippen molar-refractivity contribution in [3.8, 4) is 21.9 Å². The summed E-state index contributed by atoms with van der Waals surface area (Å²) in [5, 5.41) is 17.2. The Morgan fingerprint density at radius 1 is 0.918 bits per heavy atom. The number of aliphatic hydroxyl groups excluding tert-OH is 1. The van der Waals surface area contributed by atoms with E-state index in [4.69, 9.17) is 18.9 Å². The zero-order valence-corrected chi connectivity index (χ0v) is 43.2. The Kier molecular flexibility index (Phi) is 17.6. The molecule has 2 aromatic heterocycles. The zero-order chi connectivity index (χ0) is 51.6. The molecule has 2 saturated heterocycles. The number of carbonyl (C=O) groups excluding carboxylic acids is 4. The number of rotatable bonds is 21. The molecule has 5 aromatic rings. The minimum atomic E-state index is -0.758. The number of likely N-dealkylation sites (tertiary alicyclic amines) is 2. The second-order valence-corrected chi connectivity index (χ2v) is 21.3. The molecule has 2 aliphatic heterocycles. The van der Waals surface area contributed by atoms with Gasteiger partial charge in [-0.15, -0.1) is 11.3 Å². The van der Waals surface area contributed by atoms with E-state index in [1.54, 1.807) is 28.7 Å². The number of fused-ring (bicyclic) bond motifs is 1. The maximum atomic E-state index is 14.1. The molecule has 0 radical (unpaired) electrons. The van der Waals surface area contributed by atoms with Gasteiger partial charge in [0, 0.05) is 48.8 Å². The van der Waals surface area contributed by atoms with Crippen molar-refractivity contribution in [3.63, 3.8) is 0 Å². The first-order valence-corrected chi connectivity index (χ1v) is 26.1. The van der Waals surface area contributed by atoms with Crippen molar-refractivity contribution in [2.24, 2.45) is 11.3 Å². The summed E-state index contributed by atoms with van der Waals surface area (Å²) in [4.78, 5) is 65.6. The molecule has 0 saturated carbocycles. The van der Waals surface area contributed by atoms with Crippen LogP contribution in [-0.4, -0.2) is 119 Å². The fourth-order valence-corrected chi connectivity index (χ4v) is 10.4. The number of amides is 4. The van der Waals surface area contributed by atoms with Gasteiger partial charge in [0.25, 0.3) is 0 Å². The molecule has 0 spiro atoms. The highest BCUT2D eigenvalue weighted by atomic mass is 32.1. The first kappa shape index (κ1) is 53.0. The van der Waals surface area contributed by atoms with Crippen LogP contribution in [0, 0.1) is 24.1 Å². The molecule has 4 amide bonds. The van der Waals surface area contributed by atoms with E-state index in [-0.39, 0.29) is 105 Å². The summed E-state index contributed by atoms with van der Waals surface area (Å²) in [7, 11) is 0. The monoisotopic (exact) mass is 1020 g/mol. The number of hydrogen-bond donors (Lipinski definition) is 3. The van der Waals surface area contributed by atoms with Crippen LogP contribution in [0.25, 0.3) is 21.3 Å². The van der Waals surface area contributed by atoms with E-state index < -0.39 is 12.1 Å². The first-order valence-electron chi connectivity index (χ1n) is 25.2. The van der Waals surface area contributed by atoms with Gasteiger partial charge < -0.3 is 44.5 Å². The van der Waals surface area contributed by atoms with Crippen molar-refractivity contribution in [2.45, 2.75) is 104 Å². The number of aliphatic hydroxyl groups is 1. The average molecular weight is 1020 g/mol. The number of anilines is 1. The summed E-state index contributed by atoms with van der Waals surface area (Å²) in [5.74, 6) is 0.346. The van der Waals surface area contributed by atoms with Gasteiger partial charge >= 0.3 is 0 Å². The zero-order valence-electron chi connectivity index (χ0n) is 42.4. The van der Waals surface area contributed by atoms with Crippen LogP contribution in [-0.2, 0) is 35.2 Å². The topological polar surface area (TPSA) is 182 Å². The molecule has 4 heterocycles. The molecule has 3 aliphatic rings. The highest BCUT2D eigenvalue weighted by molar-refractivity contribution is 7.13. The number of halogens is 1. The molecule has 15 nitrogen and oxygen atoms in total. The number of β-amino-alcohol motifs (C(OH)–C–C–N with tert-alkyl or cyclic N) is 1. The lowest BCUT2D eigenvalue weighted by Gasteiger charge is -2.39. The predicted molar refractivity (Wildman–Crippen MR) is 278 cm³/mol. The standard InChI is InChI=1S/C56H67FN6O9S/c1-35(37-6-8-38(9-7-37)46-18-20-58-48-17-12-41(57)27-47(46)48)54(67)61-42-13-15-44(16-14-42)72-45-32-62(33-45)51(65)19-21-69-22-23-70-24-25-71-50-26-39(53-36(2)60-34-73-53)10-11-40(50)30-59-55(68)49-28-43(64)31-63(49)52(66)29-56(3,4)5/h6,10-18,20,26-27,34-35,38,43,45,49,64H,7-9,19,21-25,28-33H2,1-5H3,(H,59,68)(H,61,67)/t35-,38?,43-,49+/m1/s1. The highest BCUT2D eigenvalue weighted by Crippen LogP contribution is 2.38. The van der Waals surface area contributed by atoms with Crippen molar-refractivity contribution in [1.29, 1.82) is 0 Å². The normalized spacial score (nSPS) is 18.5. The van der Waals surface area contributed by atoms with Crippen molar-refractivity contribution in [1.82, 2.24) is 25.1 Å². The summed E-state index contributed by atoms with van der Waals surface area (Å²) in [5.41, 5.74) is 7.79. The van der Waals surface area contributed by atoms with Crippen molar-refractivity contribution >= 4 is 51.6 Å². The van der Waals surface area contributed by atoms with E-state index in [1.807, 2.05) is 83.1 Å². The predicted octanol–water partition coefficient (Wildman–Crippen LogP) is 8.38. The van der Waals surface area contributed by atoms with Crippen LogP contribution in [0.15, 0.2) is 90.1 Å². The first-order chi connectivity index (χ1) is 35.1. The number of nitrogens with one attached hydrogen (secondary N) is 2. The Bertz CT molecular complexity index is 2770. The lowest BCUT2D eigenvalue weighted by molar-refractivity contribution is -0.141. The van der Waals surface area contributed by atoms with Gasteiger partial charge in [-0.2, -0.15) is 0 Å². The fourth-order valence-electron chi connectivity index (χ4n) is 9.57. The van der Waals surface area contributed by atoms with Crippen LogP contribution in [0.5, 0.6) is 11.5 Å². The summed E-state index contributed by atoms with van der Waals surface area (Å²) < 4.78 is 37.8. The van der Waals surface area contributed by atoms with E-state index in [0.29, 0.717) is 43.5 Å². The van der Waals surface area contributed by atoms with E-state index in [9.17, 15) is 28.7 Å². The smallest absolute Gasteiger partial charge is 0.243 e. The van der Waals surface area contributed by atoms with Crippen molar-refractivity contribution < 1.29 is 47.6 Å². The van der Waals surface area contributed by atoms with E-state index in [0.717, 1.165) is 63.0 Å². The number of ether oxygens (including phenoxy) is 4. The molecule has 3 aromatic carbocycles. The van der Waals surface area contributed by atoms with Gasteiger partial charge in [0.05, 0.1) is 79.6 Å². The SMILES string of the molecule is Cc1ncsc1-c1ccc(CNC(=O)[C@@H]2C[C@@H](O)CN2C(=O)CC(C)(C)C)c(OCCOCCOCCC(=O)N2CC(Oc3ccc(NC(=O)[C@H](C)C4=CCC(c5ccnc6ccc(F)cc56)CC4)cc3)C2)c1. The number of aryl methyl sites for hydroxylation is 1. The van der Waals surface area contributed by atoms with Gasteiger partial charge in [-0.25, -0.2) is 9.37 Å². The Morgan fingerprint density at radius 3 is 2.41 bits per heavy atom. The highest BCUT2D eigenvalue weighted by Gasteiger charge is 2.40. The van der Waals surface area contributed by atoms with Gasteiger partial charge in [0.1, 0.15) is 36.1 Å². The van der Waals surface area contributed by atoms with Gasteiger partial charge in [-0.1, -0.05) is 44.6 Å². The van der Waals surface area contributed by atoms with Crippen LogP contribution in [0.1, 0.15) is 89.0 Å². The maximum absolute atomic E-state index is 14.1. The molecule has 3 N–H and O–H groups in total. The number of carbonyl (C=O) groups is 4. The Morgan fingerprint density at radius 2 is 1.68 bits per heavy atom. The van der Waals surface area contributed by atoms with Crippen LogP contribution in [0.2, 0.25) is 0 Å². The molecule has 8 rings (SSSR count). The van der Waals surface area contributed by atoms with E-state index >= 15 is 0 Å². The number of aromatic nitrogens is 2. The summed E-state index contributed by atoms with van der Waals surface area (Å²) in [6, 6.07) is 19.0. The lowest BCUT2D eigenvalue weighted by atomic mass is 9.80. The molecule has 1 unspecified atom stereocenters. The van der Waals surface area contributed by atoms with E-state index in [1.165, 1.54) is 22.3 Å². The van der Waals surface area contributed by atoms with Gasteiger partial charge in [0.2, 0.25) is 23.6 Å². The Balaban J connectivity index is 0.699. The Hall–Kier alpha value is -6.27. The molecular formula is C56H67FN6O9S. The van der Waals surface area contributed by atoms with E-state index in [2.05, 4.69) is 26.7 Å². The summed E-state index contributed by atoms with van der Waals surface area (Å²) in [6.45, 7) is 12.4. The molecule has 73 heavy (non-hydrogen) atoms. The number of nitrogens with zero attached hydrogens (tertiary/aromatic N) is 4. The van der Waals surface area contributed by atoms with Crippen LogP contribution in [0.4, 0.5) is 10.1 Å². The lowest BCUT2D eigenvalue weighted by Crippen LogP contribution is -2.56. The van der Waals surface area contributed by atoms with Crippen LogP contribution >= 0.6 is 11.3 Å². The minimum absolute atomic E-state index is 0.0128. The summed E-state index contributed by atoms with van der Waals surface area (Å²) in [6.07, 6.45) is 6.19. The third kappa shape index (κ3) is 14.1. The third-order valence-electron chi connectivity index (χ3n) is 13.6. The number of benzene rings is 3.